The van der Waals surface area contributed by atoms with Gasteiger partial charge in [-0.2, -0.15) is 4.98 Å². The lowest BCUT2D eigenvalue weighted by Crippen LogP contribution is -2.01. The molecule has 0 amide bonds. The van der Waals surface area contributed by atoms with Gasteiger partial charge in [-0.25, -0.2) is 0 Å². The van der Waals surface area contributed by atoms with Gasteiger partial charge >= 0.3 is 0 Å². The second-order valence-electron chi connectivity index (χ2n) is 4.35. The van der Waals surface area contributed by atoms with E-state index in [0.717, 1.165) is 13.0 Å². The number of halogens is 1. The van der Waals surface area contributed by atoms with E-state index in [2.05, 4.69) is 10.1 Å². The molecule has 6 heteroatoms. The van der Waals surface area contributed by atoms with Crippen molar-refractivity contribution >= 4 is 11.6 Å². The van der Waals surface area contributed by atoms with Crippen molar-refractivity contribution in [1.29, 1.82) is 0 Å². The van der Waals surface area contributed by atoms with Gasteiger partial charge in [0, 0.05) is 17.5 Å². The van der Waals surface area contributed by atoms with Crippen molar-refractivity contribution in [1.82, 2.24) is 10.1 Å². The lowest BCUT2D eigenvalue weighted by atomic mass is 10.1. The van der Waals surface area contributed by atoms with Crippen molar-refractivity contribution < 1.29 is 14.0 Å². The average molecular weight is 281 g/mol. The Hall–Kier alpha value is -1.59. The minimum atomic E-state index is 0.237. The van der Waals surface area contributed by atoms with Crippen molar-refractivity contribution in [3.8, 4) is 5.75 Å². The average Bonchev–Trinajstić information content (AvgIpc) is 3.07. The van der Waals surface area contributed by atoms with Gasteiger partial charge in [-0.3, -0.25) is 0 Å². The summed E-state index contributed by atoms with van der Waals surface area (Å²) in [5.41, 5.74) is 0. The first kappa shape index (κ1) is 12.4. The first-order valence-corrected chi connectivity index (χ1v) is 6.47. The Morgan fingerprint density at radius 3 is 3.16 bits per heavy atom. The molecule has 1 atom stereocenters. The van der Waals surface area contributed by atoms with E-state index < -0.39 is 0 Å². The molecule has 3 rings (SSSR count). The number of hydrogen-bond donors (Lipinski definition) is 0. The van der Waals surface area contributed by atoms with Crippen LogP contribution in [0, 0.1) is 0 Å². The highest BCUT2D eigenvalue weighted by molar-refractivity contribution is 6.30. The molecule has 1 aromatic heterocycles. The lowest BCUT2D eigenvalue weighted by molar-refractivity contribution is 0.192. The fourth-order valence-corrected chi connectivity index (χ4v) is 2.11. The third kappa shape index (κ3) is 3.05. The summed E-state index contributed by atoms with van der Waals surface area (Å²) < 4.78 is 16.0. The van der Waals surface area contributed by atoms with Gasteiger partial charge in [0.15, 0.2) is 12.4 Å². The van der Waals surface area contributed by atoms with Crippen LogP contribution in [-0.4, -0.2) is 23.4 Å². The summed E-state index contributed by atoms with van der Waals surface area (Å²) in [6.07, 6.45) is 0.939. The zero-order valence-electron chi connectivity index (χ0n) is 10.2. The maximum absolute atomic E-state index is 5.87. The topological polar surface area (TPSA) is 57.4 Å². The molecule has 19 heavy (non-hydrogen) atoms. The van der Waals surface area contributed by atoms with Crippen LogP contribution < -0.4 is 4.74 Å². The molecular weight excluding hydrogens is 268 g/mol. The van der Waals surface area contributed by atoms with Crippen LogP contribution >= 0.6 is 11.6 Å². The maximum Gasteiger partial charge on any atom is 0.264 e. The van der Waals surface area contributed by atoms with Gasteiger partial charge in [-0.15, -0.1) is 0 Å². The van der Waals surface area contributed by atoms with E-state index in [4.69, 9.17) is 25.6 Å². The summed E-state index contributed by atoms with van der Waals surface area (Å²) in [6, 6.07) is 7.18. The van der Waals surface area contributed by atoms with Gasteiger partial charge in [0.1, 0.15) is 5.75 Å². The Balaban J connectivity index is 1.61. The molecule has 0 unspecified atom stereocenters. The molecule has 2 heterocycles. The van der Waals surface area contributed by atoms with Gasteiger partial charge in [0.25, 0.3) is 5.89 Å². The standard InChI is InChI=1S/C13H13ClN2O3/c14-10-2-1-3-11(6-10)18-8-12-15-13(16-19-12)9-4-5-17-7-9/h1-3,6,9H,4-5,7-8H2/t9-/m1/s1. The van der Waals surface area contributed by atoms with Crippen LogP contribution in [0.2, 0.25) is 5.02 Å². The zero-order chi connectivity index (χ0) is 13.1. The highest BCUT2D eigenvalue weighted by atomic mass is 35.5. The molecule has 5 nitrogen and oxygen atoms in total. The molecule has 100 valence electrons. The largest absolute Gasteiger partial charge is 0.484 e. The summed E-state index contributed by atoms with van der Waals surface area (Å²) in [5, 5.41) is 4.59. The molecule has 0 N–H and O–H groups in total. The Morgan fingerprint density at radius 1 is 1.42 bits per heavy atom. The third-order valence-corrected chi connectivity index (χ3v) is 3.17. The van der Waals surface area contributed by atoms with Crippen molar-refractivity contribution in [3.05, 3.63) is 41.0 Å². The number of benzene rings is 1. The third-order valence-electron chi connectivity index (χ3n) is 2.94. The SMILES string of the molecule is Clc1cccc(OCc2nc([C@@H]3CCOC3)no2)c1. The monoisotopic (exact) mass is 280 g/mol. The highest BCUT2D eigenvalue weighted by Gasteiger charge is 2.23. The van der Waals surface area contributed by atoms with Gasteiger partial charge in [-0.05, 0) is 24.6 Å². The summed E-state index contributed by atoms with van der Waals surface area (Å²) in [6.45, 7) is 1.66. The van der Waals surface area contributed by atoms with Crippen LogP contribution in [0.3, 0.4) is 0 Å². The molecule has 0 spiro atoms. The molecule has 0 bridgehead atoms. The van der Waals surface area contributed by atoms with Crippen LogP contribution in [0.5, 0.6) is 5.75 Å². The van der Waals surface area contributed by atoms with Gasteiger partial charge in [-0.1, -0.05) is 22.8 Å². The molecule has 1 aromatic carbocycles. The molecule has 2 aromatic rings. The van der Waals surface area contributed by atoms with Crippen LogP contribution in [-0.2, 0) is 11.3 Å². The summed E-state index contributed by atoms with van der Waals surface area (Å²) in [5.74, 6) is 2.07. The van der Waals surface area contributed by atoms with Crippen LogP contribution in [0.15, 0.2) is 28.8 Å². The van der Waals surface area contributed by atoms with E-state index in [0.29, 0.717) is 29.1 Å². The van der Waals surface area contributed by atoms with E-state index >= 15 is 0 Å². The van der Waals surface area contributed by atoms with E-state index in [1.165, 1.54) is 0 Å². The molecule has 1 aliphatic heterocycles. The Labute approximate surface area is 115 Å². The molecule has 0 aliphatic carbocycles. The number of aromatic nitrogens is 2. The highest BCUT2D eigenvalue weighted by Crippen LogP contribution is 2.23. The molecule has 1 saturated heterocycles. The lowest BCUT2D eigenvalue weighted by Gasteiger charge is -2.02. The molecule has 0 saturated carbocycles. The van der Waals surface area contributed by atoms with Crippen molar-refractivity contribution in [2.75, 3.05) is 13.2 Å². The Bertz CT molecular complexity index is 552. The fourth-order valence-electron chi connectivity index (χ4n) is 1.93. The molecular formula is C13H13ClN2O3. The van der Waals surface area contributed by atoms with E-state index in [1.54, 1.807) is 12.1 Å². The minimum absolute atomic E-state index is 0.237. The molecule has 1 aliphatic rings. The van der Waals surface area contributed by atoms with Crippen LogP contribution in [0.1, 0.15) is 24.1 Å². The molecule has 0 radical (unpaired) electrons. The quantitative estimate of drug-likeness (QED) is 0.862. The first-order chi connectivity index (χ1) is 9.31. The van der Waals surface area contributed by atoms with Gasteiger partial charge in [0.2, 0.25) is 0 Å². The van der Waals surface area contributed by atoms with Crippen molar-refractivity contribution in [2.45, 2.75) is 18.9 Å². The van der Waals surface area contributed by atoms with Crippen LogP contribution in [0.25, 0.3) is 0 Å². The predicted molar refractivity (Wildman–Crippen MR) is 68.3 cm³/mol. The Kier molecular flexibility index (Phi) is 3.66. The number of nitrogens with zero attached hydrogens (tertiary/aromatic N) is 2. The maximum atomic E-state index is 5.87. The van der Waals surface area contributed by atoms with Gasteiger partial charge < -0.3 is 14.0 Å². The molecule has 1 fully saturated rings. The smallest absolute Gasteiger partial charge is 0.264 e. The van der Waals surface area contributed by atoms with Gasteiger partial charge in [0.05, 0.1) is 6.61 Å². The summed E-state index contributed by atoms with van der Waals surface area (Å²) in [7, 11) is 0. The zero-order valence-corrected chi connectivity index (χ0v) is 11.0. The number of ether oxygens (including phenoxy) is 2. The minimum Gasteiger partial charge on any atom is -0.484 e. The normalized spacial score (nSPS) is 18.7. The number of hydrogen-bond acceptors (Lipinski definition) is 5. The first-order valence-electron chi connectivity index (χ1n) is 6.10. The summed E-state index contributed by atoms with van der Waals surface area (Å²) >= 11 is 5.87. The second-order valence-corrected chi connectivity index (χ2v) is 4.79. The number of rotatable bonds is 4. The second kappa shape index (κ2) is 5.59. The van der Waals surface area contributed by atoms with E-state index in [9.17, 15) is 0 Å². The van der Waals surface area contributed by atoms with Crippen molar-refractivity contribution in [3.63, 3.8) is 0 Å². The van der Waals surface area contributed by atoms with Crippen molar-refractivity contribution in [2.24, 2.45) is 0 Å². The van der Waals surface area contributed by atoms with Crippen LogP contribution in [0.4, 0.5) is 0 Å². The van der Waals surface area contributed by atoms with E-state index in [1.807, 2.05) is 12.1 Å². The van der Waals surface area contributed by atoms with E-state index in [-0.39, 0.29) is 12.5 Å². The Morgan fingerprint density at radius 2 is 2.37 bits per heavy atom. The summed E-state index contributed by atoms with van der Waals surface area (Å²) in [4.78, 5) is 4.31. The fraction of sp³-hybridized carbons (Fsp3) is 0.385. The predicted octanol–water partition coefficient (Wildman–Crippen LogP) is 2.81.